The summed E-state index contributed by atoms with van der Waals surface area (Å²) in [4.78, 5) is 12.1. The van der Waals surface area contributed by atoms with Gasteiger partial charge in [0, 0.05) is 12.0 Å². The maximum atomic E-state index is 12.1. The van der Waals surface area contributed by atoms with Crippen LogP contribution in [0.25, 0.3) is 16.3 Å². The molecular formula is C16H6Cl2N2O. The molecule has 0 fully saturated rings. The fourth-order valence-corrected chi connectivity index (χ4v) is 2.85. The molecule has 2 aromatic rings. The lowest BCUT2D eigenvalue weighted by Crippen LogP contribution is -1.91. The number of ketones is 1. The molecule has 0 saturated heterocycles. The monoisotopic (exact) mass is 312 g/mol. The molecule has 100 valence electrons. The fraction of sp³-hybridized carbons (Fsp3) is 0.0625. The van der Waals surface area contributed by atoms with E-state index < -0.39 is 0 Å². The van der Waals surface area contributed by atoms with Gasteiger partial charge in [-0.1, -0.05) is 23.2 Å². The summed E-state index contributed by atoms with van der Waals surface area (Å²) in [5.41, 5.74) is 1.59. The lowest BCUT2D eigenvalue weighted by atomic mass is 9.99. The molecule has 21 heavy (non-hydrogen) atoms. The summed E-state index contributed by atoms with van der Waals surface area (Å²) in [6, 6.07) is 10.6. The molecule has 0 saturated carbocycles. The number of fused-ring (bicyclic) bond motifs is 2. The van der Waals surface area contributed by atoms with Crippen LogP contribution in [0.15, 0.2) is 29.8 Å². The number of carbonyl (C=O) groups is 1. The summed E-state index contributed by atoms with van der Waals surface area (Å²) in [7, 11) is 0. The number of carbonyl (C=O) groups excluding carboxylic acids is 1. The van der Waals surface area contributed by atoms with E-state index in [2.05, 4.69) is 0 Å². The predicted molar refractivity (Wildman–Crippen MR) is 81.1 cm³/mol. The Morgan fingerprint density at radius 1 is 0.952 bits per heavy atom. The Bertz CT molecular complexity index is 914. The molecule has 0 radical (unpaired) electrons. The number of benzene rings is 2. The Morgan fingerprint density at radius 2 is 1.48 bits per heavy atom. The Balaban J connectivity index is 2.37. The van der Waals surface area contributed by atoms with Crippen LogP contribution >= 0.6 is 23.2 Å². The second-order valence-electron chi connectivity index (χ2n) is 4.69. The standard InChI is InChI=1S/C16H6Cl2N2O/c17-14-3-8-1-12-11(10(6-19)7-20)5-16(21)13(12)2-9(8)4-15(14)18/h1-4H,5H2. The molecule has 3 nitrogen and oxygen atoms in total. The molecule has 1 aliphatic carbocycles. The van der Waals surface area contributed by atoms with Crippen molar-refractivity contribution in [2.45, 2.75) is 6.42 Å². The summed E-state index contributed by atoms with van der Waals surface area (Å²) < 4.78 is 0. The average Bonchev–Trinajstić information content (AvgIpc) is 2.77. The van der Waals surface area contributed by atoms with E-state index >= 15 is 0 Å². The van der Waals surface area contributed by atoms with Crippen molar-refractivity contribution in [1.82, 2.24) is 0 Å². The van der Waals surface area contributed by atoms with Crippen molar-refractivity contribution in [3.8, 4) is 12.1 Å². The second kappa shape index (κ2) is 4.90. The molecule has 0 bridgehead atoms. The van der Waals surface area contributed by atoms with Crippen LogP contribution in [0.1, 0.15) is 22.3 Å². The molecule has 2 aromatic carbocycles. The van der Waals surface area contributed by atoms with Crippen molar-refractivity contribution in [2.75, 3.05) is 0 Å². The van der Waals surface area contributed by atoms with Crippen LogP contribution in [0.3, 0.4) is 0 Å². The van der Waals surface area contributed by atoms with Gasteiger partial charge in [-0.3, -0.25) is 4.79 Å². The van der Waals surface area contributed by atoms with Gasteiger partial charge in [0.1, 0.15) is 17.7 Å². The van der Waals surface area contributed by atoms with Gasteiger partial charge in [-0.2, -0.15) is 10.5 Å². The highest BCUT2D eigenvalue weighted by molar-refractivity contribution is 6.42. The van der Waals surface area contributed by atoms with Crippen molar-refractivity contribution < 1.29 is 4.79 Å². The topological polar surface area (TPSA) is 64.7 Å². The normalized spacial score (nSPS) is 13.0. The molecule has 0 N–H and O–H groups in total. The van der Waals surface area contributed by atoms with Gasteiger partial charge in [-0.15, -0.1) is 0 Å². The highest BCUT2D eigenvalue weighted by atomic mass is 35.5. The van der Waals surface area contributed by atoms with Crippen molar-refractivity contribution in [3.05, 3.63) is 51.0 Å². The largest absolute Gasteiger partial charge is 0.294 e. The van der Waals surface area contributed by atoms with E-state index in [4.69, 9.17) is 33.7 Å². The summed E-state index contributed by atoms with van der Waals surface area (Å²) in [6.07, 6.45) is 0.0730. The number of hydrogen-bond acceptors (Lipinski definition) is 3. The zero-order valence-electron chi connectivity index (χ0n) is 10.6. The maximum absolute atomic E-state index is 12.1. The van der Waals surface area contributed by atoms with Crippen molar-refractivity contribution in [2.24, 2.45) is 0 Å². The first kappa shape index (κ1) is 13.6. The fourth-order valence-electron chi connectivity index (χ4n) is 2.51. The van der Waals surface area contributed by atoms with E-state index in [1.54, 1.807) is 24.3 Å². The van der Waals surface area contributed by atoms with Crippen molar-refractivity contribution >= 4 is 45.3 Å². The zero-order chi connectivity index (χ0) is 15.1. The Labute approximate surface area is 130 Å². The number of hydrogen-bond donors (Lipinski definition) is 0. The number of allylic oxidation sites excluding steroid dienone is 2. The lowest BCUT2D eigenvalue weighted by Gasteiger charge is -2.05. The van der Waals surface area contributed by atoms with E-state index in [1.165, 1.54) is 0 Å². The van der Waals surface area contributed by atoms with Crippen molar-refractivity contribution in [3.63, 3.8) is 0 Å². The van der Waals surface area contributed by atoms with Crippen LogP contribution in [0, 0.1) is 22.7 Å². The third kappa shape index (κ3) is 2.08. The van der Waals surface area contributed by atoms with Gasteiger partial charge < -0.3 is 0 Å². The van der Waals surface area contributed by atoms with Crippen molar-refractivity contribution in [1.29, 1.82) is 10.5 Å². The first-order valence-corrected chi connectivity index (χ1v) is 6.80. The summed E-state index contributed by atoms with van der Waals surface area (Å²) >= 11 is 12.0. The minimum absolute atomic E-state index is 0.0264. The number of halogens is 2. The van der Waals surface area contributed by atoms with E-state index in [0.717, 1.165) is 10.8 Å². The Hall–Kier alpha value is -2.33. The van der Waals surface area contributed by atoms with Gasteiger partial charge in [0.05, 0.1) is 10.0 Å². The number of nitrogens with zero attached hydrogens (tertiary/aromatic N) is 2. The number of rotatable bonds is 0. The second-order valence-corrected chi connectivity index (χ2v) is 5.50. The third-order valence-electron chi connectivity index (χ3n) is 3.50. The predicted octanol–water partition coefficient (Wildman–Crippen LogP) is 4.53. The molecular weight excluding hydrogens is 307 g/mol. The average molecular weight is 313 g/mol. The first-order chi connectivity index (χ1) is 10.0. The van der Waals surface area contributed by atoms with Gasteiger partial charge in [0.2, 0.25) is 0 Å². The van der Waals surface area contributed by atoms with Crippen LogP contribution in [0.4, 0.5) is 0 Å². The molecule has 0 spiro atoms. The van der Waals surface area contributed by atoms with Crippen LogP contribution in [-0.4, -0.2) is 5.78 Å². The minimum atomic E-state index is -0.101. The van der Waals surface area contributed by atoms with E-state index in [0.29, 0.717) is 26.7 Å². The van der Waals surface area contributed by atoms with Crippen LogP contribution in [-0.2, 0) is 0 Å². The van der Waals surface area contributed by atoms with Gasteiger partial charge in [0.25, 0.3) is 0 Å². The smallest absolute Gasteiger partial charge is 0.167 e. The summed E-state index contributed by atoms with van der Waals surface area (Å²) in [5, 5.41) is 20.5. The molecule has 5 heteroatoms. The third-order valence-corrected chi connectivity index (χ3v) is 4.23. The van der Waals surface area contributed by atoms with Gasteiger partial charge in [0.15, 0.2) is 5.78 Å². The van der Waals surface area contributed by atoms with Crippen LogP contribution < -0.4 is 0 Å². The molecule has 3 rings (SSSR count). The van der Waals surface area contributed by atoms with Gasteiger partial charge >= 0.3 is 0 Å². The van der Waals surface area contributed by atoms with Gasteiger partial charge in [-0.25, -0.2) is 0 Å². The van der Waals surface area contributed by atoms with E-state index in [1.807, 2.05) is 12.1 Å². The zero-order valence-corrected chi connectivity index (χ0v) is 12.1. The van der Waals surface area contributed by atoms with Crippen LogP contribution in [0.5, 0.6) is 0 Å². The summed E-state index contributed by atoms with van der Waals surface area (Å²) in [6.45, 7) is 0. The quantitative estimate of drug-likeness (QED) is 0.671. The highest BCUT2D eigenvalue weighted by Crippen LogP contribution is 2.38. The van der Waals surface area contributed by atoms with E-state index in [-0.39, 0.29) is 17.8 Å². The molecule has 1 aliphatic rings. The number of nitriles is 2. The van der Waals surface area contributed by atoms with Crippen LogP contribution in [0.2, 0.25) is 10.0 Å². The molecule has 0 heterocycles. The molecule has 0 unspecified atom stereocenters. The Morgan fingerprint density at radius 3 is 2.00 bits per heavy atom. The van der Waals surface area contributed by atoms with Gasteiger partial charge in [-0.05, 0) is 46.2 Å². The molecule has 0 aromatic heterocycles. The number of Topliss-reactive ketones (excluding diaryl/α,β-unsaturated/α-hetero) is 1. The molecule has 0 atom stereocenters. The SMILES string of the molecule is N#CC(C#N)=C1CC(=O)c2cc3cc(Cl)c(Cl)cc3cc21. The highest BCUT2D eigenvalue weighted by Gasteiger charge is 2.27. The first-order valence-electron chi connectivity index (χ1n) is 6.05. The summed E-state index contributed by atoms with van der Waals surface area (Å²) in [5.74, 6) is -0.101. The molecule has 0 aliphatic heterocycles. The lowest BCUT2D eigenvalue weighted by molar-refractivity contribution is 0.100. The minimum Gasteiger partial charge on any atom is -0.294 e. The van der Waals surface area contributed by atoms with E-state index in [9.17, 15) is 4.79 Å². The maximum Gasteiger partial charge on any atom is 0.167 e. The Kier molecular flexibility index (Phi) is 3.18. The molecule has 0 amide bonds.